The van der Waals surface area contributed by atoms with E-state index < -0.39 is 0 Å². The maximum Gasteiger partial charge on any atom is 0.314 e. The van der Waals surface area contributed by atoms with Gasteiger partial charge in [0.1, 0.15) is 5.82 Å². The topological polar surface area (TPSA) is 61.4 Å². The zero-order valence-corrected chi connectivity index (χ0v) is 13.3. The van der Waals surface area contributed by atoms with Crippen LogP contribution >= 0.6 is 0 Å². The summed E-state index contributed by atoms with van der Waals surface area (Å²) in [7, 11) is 0. The van der Waals surface area contributed by atoms with Crippen molar-refractivity contribution in [2.75, 3.05) is 19.7 Å². The molecule has 122 valence electrons. The van der Waals surface area contributed by atoms with E-state index in [0.29, 0.717) is 19.5 Å². The summed E-state index contributed by atoms with van der Waals surface area (Å²) in [6.45, 7) is 5.20. The molecule has 3 N–H and O–H groups in total. The fraction of sp³-hybridized carbons (Fsp3) is 0.588. The second kappa shape index (κ2) is 6.65. The van der Waals surface area contributed by atoms with Crippen molar-refractivity contribution in [3.63, 3.8) is 0 Å². The van der Waals surface area contributed by atoms with Crippen molar-refractivity contribution in [1.29, 1.82) is 0 Å². The minimum Gasteiger partial charge on any atom is -0.396 e. The molecule has 0 aliphatic heterocycles. The summed E-state index contributed by atoms with van der Waals surface area (Å²) in [6, 6.07) is 6.33. The van der Waals surface area contributed by atoms with Crippen molar-refractivity contribution in [2.45, 2.75) is 38.5 Å². The number of carbonyl (C=O) groups excluding carboxylic acids is 1. The molecule has 1 aromatic rings. The van der Waals surface area contributed by atoms with Crippen molar-refractivity contribution in [2.24, 2.45) is 5.41 Å². The number of aliphatic hydroxyl groups excluding tert-OH is 1. The average Bonchev–Trinajstić information content (AvgIpc) is 3.25. The Morgan fingerprint density at radius 1 is 1.27 bits per heavy atom. The van der Waals surface area contributed by atoms with Crippen molar-refractivity contribution in [3.05, 3.63) is 35.6 Å². The van der Waals surface area contributed by atoms with E-state index in [9.17, 15) is 9.18 Å². The van der Waals surface area contributed by atoms with E-state index in [4.69, 9.17) is 5.11 Å². The van der Waals surface area contributed by atoms with Crippen LogP contribution in [0.1, 0.15) is 38.7 Å². The van der Waals surface area contributed by atoms with Gasteiger partial charge in [-0.05, 0) is 42.4 Å². The van der Waals surface area contributed by atoms with Crippen LogP contribution in [0.5, 0.6) is 0 Å². The highest BCUT2D eigenvalue weighted by Crippen LogP contribution is 2.47. The molecule has 0 aromatic heterocycles. The van der Waals surface area contributed by atoms with Gasteiger partial charge in [0.15, 0.2) is 0 Å². The van der Waals surface area contributed by atoms with Crippen LogP contribution in [0, 0.1) is 11.2 Å². The molecule has 5 heteroatoms. The molecule has 1 aliphatic rings. The zero-order chi connectivity index (χ0) is 16.2. The second-order valence-corrected chi connectivity index (χ2v) is 6.96. The van der Waals surface area contributed by atoms with Gasteiger partial charge in [0.25, 0.3) is 0 Å². The molecule has 2 amide bonds. The van der Waals surface area contributed by atoms with E-state index in [1.165, 1.54) is 12.1 Å². The quantitative estimate of drug-likeness (QED) is 0.725. The molecule has 0 heterocycles. The maximum atomic E-state index is 13.0. The highest BCUT2D eigenvalue weighted by atomic mass is 19.1. The average molecular weight is 308 g/mol. The predicted octanol–water partition coefficient (Wildman–Crippen LogP) is 2.57. The van der Waals surface area contributed by atoms with Crippen molar-refractivity contribution >= 4 is 6.03 Å². The molecule has 22 heavy (non-hydrogen) atoms. The van der Waals surface area contributed by atoms with Crippen molar-refractivity contribution in [1.82, 2.24) is 10.6 Å². The van der Waals surface area contributed by atoms with Gasteiger partial charge in [0, 0.05) is 25.1 Å². The van der Waals surface area contributed by atoms with Gasteiger partial charge in [-0.3, -0.25) is 0 Å². The van der Waals surface area contributed by atoms with Crippen molar-refractivity contribution in [3.8, 4) is 0 Å². The Kier molecular flexibility index (Phi) is 5.06. The normalized spacial score (nSPS) is 16.2. The smallest absolute Gasteiger partial charge is 0.314 e. The zero-order valence-electron chi connectivity index (χ0n) is 13.3. The summed E-state index contributed by atoms with van der Waals surface area (Å²) >= 11 is 0. The molecule has 0 saturated heterocycles. The standard InChI is InChI=1S/C17H25FN2O2/c1-16(2,9-10-21)11-19-15(22)20-12-17(7-8-17)13-3-5-14(18)6-4-13/h3-6,21H,7-12H2,1-2H3,(H2,19,20,22). The molecule has 2 rings (SSSR count). The van der Waals surface area contributed by atoms with Gasteiger partial charge in [-0.15, -0.1) is 0 Å². The van der Waals surface area contributed by atoms with Crippen LogP contribution in [0.4, 0.5) is 9.18 Å². The lowest BCUT2D eigenvalue weighted by Crippen LogP contribution is -2.43. The third-order valence-electron chi connectivity index (χ3n) is 4.41. The molecule has 0 atom stereocenters. The Bertz CT molecular complexity index is 510. The van der Waals surface area contributed by atoms with Crippen molar-refractivity contribution < 1.29 is 14.3 Å². The van der Waals surface area contributed by atoms with Gasteiger partial charge >= 0.3 is 6.03 Å². The fourth-order valence-electron chi connectivity index (χ4n) is 2.54. The molecule has 1 fully saturated rings. The largest absolute Gasteiger partial charge is 0.396 e. The van der Waals surface area contributed by atoms with E-state index in [1.807, 2.05) is 13.8 Å². The van der Waals surface area contributed by atoms with Crippen LogP contribution in [-0.4, -0.2) is 30.8 Å². The summed E-state index contributed by atoms with van der Waals surface area (Å²) in [5.74, 6) is -0.239. The number of urea groups is 1. The number of aliphatic hydroxyl groups is 1. The Hall–Kier alpha value is -1.62. The second-order valence-electron chi connectivity index (χ2n) is 6.96. The van der Waals surface area contributed by atoms with E-state index in [-0.39, 0.29) is 29.3 Å². The number of rotatable bonds is 7. The third-order valence-corrected chi connectivity index (χ3v) is 4.41. The Morgan fingerprint density at radius 2 is 1.91 bits per heavy atom. The molecule has 0 radical (unpaired) electrons. The lowest BCUT2D eigenvalue weighted by molar-refractivity contribution is 0.201. The number of halogens is 1. The Morgan fingerprint density at radius 3 is 2.45 bits per heavy atom. The fourth-order valence-corrected chi connectivity index (χ4v) is 2.54. The van der Waals surface area contributed by atoms with Gasteiger partial charge in [0.05, 0.1) is 0 Å². The van der Waals surface area contributed by atoms with Gasteiger partial charge in [-0.25, -0.2) is 9.18 Å². The summed E-state index contributed by atoms with van der Waals surface area (Å²) < 4.78 is 13.0. The molecule has 1 aliphatic carbocycles. The first-order valence-corrected chi connectivity index (χ1v) is 7.76. The van der Waals surface area contributed by atoms with Crippen LogP contribution in [0.3, 0.4) is 0 Å². The first-order valence-electron chi connectivity index (χ1n) is 7.76. The highest BCUT2D eigenvalue weighted by molar-refractivity contribution is 5.74. The lowest BCUT2D eigenvalue weighted by atomic mass is 9.90. The molecule has 0 unspecified atom stereocenters. The van der Waals surface area contributed by atoms with E-state index in [0.717, 1.165) is 18.4 Å². The number of carbonyl (C=O) groups is 1. The van der Waals surface area contributed by atoms with E-state index in [1.54, 1.807) is 12.1 Å². The third kappa shape index (κ3) is 4.44. The molecule has 0 spiro atoms. The van der Waals surface area contributed by atoms with Crippen LogP contribution in [-0.2, 0) is 5.41 Å². The van der Waals surface area contributed by atoms with Crippen LogP contribution in [0.15, 0.2) is 24.3 Å². The number of hydrogen-bond acceptors (Lipinski definition) is 2. The first kappa shape index (κ1) is 16.7. The van der Waals surface area contributed by atoms with Crippen LogP contribution in [0.2, 0.25) is 0 Å². The number of benzene rings is 1. The van der Waals surface area contributed by atoms with Gasteiger partial charge in [0.2, 0.25) is 0 Å². The van der Waals surface area contributed by atoms with E-state index in [2.05, 4.69) is 10.6 Å². The maximum absolute atomic E-state index is 13.0. The summed E-state index contributed by atoms with van der Waals surface area (Å²) in [5, 5.41) is 14.7. The minimum absolute atomic E-state index is 0.0361. The van der Waals surface area contributed by atoms with Gasteiger partial charge < -0.3 is 15.7 Å². The Balaban J connectivity index is 1.80. The highest BCUT2D eigenvalue weighted by Gasteiger charge is 2.44. The molecule has 4 nitrogen and oxygen atoms in total. The van der Waals surface area contributed by atoms with Gasteiger partial charge in [-0.2, -0.15) is 0 Å². The van der Waals surface area contributed by atoms with Gasteiger partial charge in [-0.1, -0.05) is 26.0 Å². The molecule has 0 bridgehead atoms. The van der Waals surface area contributed by atoms with Crippen LogP contribution < -0.4 is 10.6 Å². The summed E-state index contributed by atoms with van der Waals surface area (Å²) in [6.07, 6.45) is 2.66. The Labute approximate surface area is 131 Å². The summed E-state index contributed by atoms with van der Waals surface area (Å²) in [4.78, 5) is 11.9. The van der Waals surface area contributed by atoms with Crippen LogP contribution in [0.25, 0.3) is 0 Å². The molecule has 1 saturated carbocycles. The lowest BCUT2D eigenvalue weighted by Gasteiger charge is -2.24. The molecule has 1 aromatic carbocycles. The number of hydrogen-bond donors (Lipinski definition) is 3. The number of amides is 2. The number of nitrogens with one attached hydrogen (secondary N) is 2. The summed E-state index contributed by atoms with van der Waals surface area (Å²) in [5.41, 5.74) is 0.918. The first-order chi connectivity index (χ1) is 10.4. The minimum atomic E-state index is -0.239. The molecular formula is C17H25FN2O2. The van der Waals surface area contributed by atoms with E-state index >= 15 is 0 Å². The monoisotopic (exact) mass is 308 g/mol. The molecular weight excluding hydrogens is 283 g/mol. The predicted molar refractivity (Wildman–Crippen MR) is 84.2 cm³/mol. The SMILES string of the molecule is CC(C)(CCO)CNC(=O)NCC1(c2ccc(F)cc2)CC1.